The molecule has 2 heterocycles. The number of ether oxygens (including phenoxy) is 4. The maximum absolute atomic E-state index is 14.5. The highest BCUT2D eigenvalue weighted by Crippen LogP contribution is 2.58. The average molecular weight is 522 g/mol. The maximum Gasteiger partial charge on any atom is 0.410 e. The van der Waals surface area contributed by atoms with Gasteiger partial charge in [0.05, 0.1) is 18.6 Å². The number of carbonyl (C=O) groups is 1. The number of likely N-dealkylation sites (tertiary alicyclic amines) is 1. The fourth-order valence-corrected chi connectivity index (χ4v) is 5.12. The van der Waals surface area contributed by atoms with Gasteiger partial charge in [0.2, 0.25) is 5.75 Å². The standard InChI is InChI=1S/C24H28FN3O7S/c1-23(6-7-23)35-22(29)28-9-8-24(11-15(24)12-28)13-33-20-19(32-2)21(27-14-26-20)34-18-5-4-16(10-17(18)25)36(3,30)31/h4-5,10,14-15H,6-9,11-13H2,1-3H3. The Labute approximate surface area is 208 Å². The molecule has 0 radical (unpaired) electrons. The van der Waals surface area contributed by atoms with Gasteiger partial charge < -0.3 is 23.8 Å². The number of rotatable bonds is 8. The highest BCUT2D eigenvalue weighted by molar-refractivity contribution is 7.90. The van der Waals surface area contributed by atoms with Crippen LogP contribution in [-0.4, -0.2) is 68.0 Å². The Bertz CT molecular complexity index is 1300. The summed E-state index contributed by atoms with van der Waals surface area (Å²) in [5, 5.41) is 0. The molecule has 1 saturated heterocycles. The number of hydrogen-bond donors (Lipinski definition) is 0. The molecule has 1 aromatic heterocycles. The van der Waals surface area contributed by atoms with E-state index in [-0.39, 0.29) is 45.3 Å². The minimum absolute atomic E-state index is 0.0508. The van der Waals surface area contributed by atoms with Crippen molar-refractivity contribution in [2.45, 2.75) is 43.1 Å². The lowest BCUT2D eigenvalue weighted by Crippen LogP contribution is -2.42. The monoisotopic (exact) mass is 521 g/mol. The van der Waals surface area contributed by atoms with Gasteiger partial charge in [-0.25, -0.2) is 17.6 Å². The summed E-state index contributed by atoms with van der Waals surface area (Å²) in [5.74, 6) is -0.580. The summed E-state index contributed by atoms with van der Waals surface area (Å²) in [5.41, 5.74) is -0.342. The number of methoxy groups -OCH3 is 1. The predicted octanol–water partition coefficient (Wildman–Crippen LogP) is 3.60. The Morgan fingerprint density at radius 1 is 1.22 bits per heavy atom. The molecule has 3 fully saturated rings. The van der Waals surface area contributed by atoms with Crippen LogP contribution in [0.2, 0.25) is 0 Å². The van der Waals surface area contributed by atoms with Gasteiger partial charge in [0.25, 0.3) is 11.8 Å². The Morgan fingerprint density at radius 3 is 2.61 bits per heavy atom. The zero-order valence-corrected chi connectivity index (χ0v) is 21.1. The van der Waals surface area contributed by atoms with E-state index in [1.54, 1.807) is 4.90 Å². The highest BCUT2D eigenvalue weighted by atomic mass is 32.2. The Hall–Kier alpha value is -3.15. The van der Waals surface area contributed by atoms with Crippen molar-refractivity contribution in [3.05, 3.63) is 30.3 Å². The summed E-state index contributed by atoms with van der Waals surface area (Å²) in [6.07, 6.45) is 5.52. The predicted molar refractivity (Wildman–Crippen MR) is 125 cm³/mol. The van der Waals surface area contributed by atoms with E-state index >= 15 is 0 Å². The van der Waals surface area contributed by atoms with Crippen molar-refractivity contribution in [1.82, 2.24) is 14.9 Å². The average Bonchev–Trinajstić information content (AvgIpc) is 3.74. The molecule has 5 rings (SSSR count). The van der Waals surface area contributed by atoms with Crippen molar-refractivity contribution in [3.63, 3.8) is 0 Å². The summed E-state index contributed by atoms with van der Waals surface area (Å²) in [4.78, 5) is 22.2. The van der Waals surface area contributed by atoms with Gasteiger partial charge >= 0.3 is 6.09 Å². The molecule has 1 aromatic carbocycles. The third-order valence-electron chi connectivity index (χ3n) is 7.20. The van der Waals surface area contributed by atoms with Gasteiger partial charge in [0, 0.05) is 24.8 Å². The first-order valence-corrected chi connectivity index (χ1v) is 13.6. The molecule has 12 heteroatoms. The quantitative estimate of drug-likeness (QED) is 0.513. The van der Waals surface area contributed by atoms with E-state index in [0.29, 0.717) is 25.6 Å². The number of hydrogen-bond acceptors (Lipinski definition) is 9. The van der Waals surface area contributed by atoms with Gasteiger partial charge in [-0.1, -0.05) is 0 Å². The summed E-state index contributed by atoms with van der Waals surface area (Å²) >= 11 is 0. The molecule has 194 valence electrons. The second kappa shape index (κ2) is 8.75. The molecule has 1 amide bonds. The van der Waals surface area contributed by atoms with Crippen LogP contribution < -0.4 is 14.2 Å². The number of aromatic nitrogens is 2. The van der Waals surface area contributed by atoms with Gasteiger partial charge in [0.1, 0.15) is 11.9 Å². The minimum Gasteiger partial charge on any atom is -0.487 e. The van der Waals surface area contributed by atoms with Gasteiger partial charge in [-0.3, -0.25) is 0 Å². The molecule has 36 heavy (non-hydrogen) atoms. The number of carbonyl (C=O) groups excluding carboxylic acids is 1. The topological polar surface area (TPSA) is 117 Å². The molecule has 1 aliphatic heterocycles. The lowest BCUT2D eigenvalue weighted by molar-refractivity contribution is 0.0438. The second-order valence-electron chi connectivity index (χ2n) is 10.0. The van der Waals surface area contributed by atoms with Crippen LogP contribution in [0.15, 0.2) is 29.4 Å². The zero-order valence-electron chi connectivity index (χ0n) is 20.3. The van der Waals surface area contributed by atoms with Gasteiger partial charge in [-0.05, 0) is 56.7 Å². The number of halogens is 1. The number of piperidine rings is 1. The van der Waals surface area contributed by atoms with E-state index in [1.807, 2.05) is 6.92 Å². The van der Waals surface area contributed by atoms with Crippen molar-refractivity contribution >= 4 is 15.9 Å². The number of benzene rings is 1. The van der Waals surface area contributed by atoms with Crippen LogP contribution in [0, 0.1) is 17.2 Å². The Morgan fingerprint density at radius 2 is 1.97 bits per heavy atom. The summed E-state index contributed by atoms with van der Waals surface area (Å²) in [6.45, 7) is 3.57. The Balaban J connectivity index is 1.23. The molecule has 3 aliphatic rings. The number of nitrogens with zero attached hydrogens (tertiary/aromatic N) is 3. The SMILES string of the molecule is COc1c(OCC23CCN(C(=O)OC4(C)CC4)CC2C3)ncnc1Oc1ccc(S(C)(=O)=O)cc1F. The Kier molecular flexibility index (Phi) is 5.97. The molecule has 0 N–H and O–H groups in total. The molecular weight excluding hydrogens is 493 g/mol. The van der Waals surface area contributed by atoms with E-state index in [0.717, 1.165) is 38.0 Å². The molecule has 2 saturated carbocycles. The fraction of sp³-hybridized carbons (Fsp3) is 0.542. The first-order valence-electron chi connectivity index (χ1n) is 11.7. The number of sulfone groups is 1. The van der Waals surface area contributed by atoms with Crippen LogP contribution in [0.25, 0.3) is 0 Å². The van der Waals surface area contributed by atoms with Gasteiger partial charge in [0.15, 0.2) is 21.4 Å². The molecule has 2 unspecified atom stereocenters. The van der Waals surface area contributed by atoms with Gasteiger partial charge in [-0.15, -0.1) is 0 Å². The van der Waals surface area contributed by atoms with Crippen molar-refractivity contribution in [1.29, 1.82) is 0 Å². The van der Waals surface area contributed by atoms with E-state index in [4.69, 9.17) is 18.9 Å². The third kappa shape index (κ3) is 4.91. The van der Waals surface area contributed by atoms with E-state index in [1.165, 1.54) is 25.6 Å². The zero-order chi connectivity index (χ0) is 25.7. The molecule has 10 nitrogen and oxygen atoms in total. The molecular formula is C24H28FN3O7S. The first-order chi connectivity index (χ1) is 17.0. The molecule has 2 aromatic rings. The smallest absolute Gasteiger partial charge is 0.410 e. The van der Waals surface area contributed by atoms with Crippen LogP contribution in [0.3, 0.4) is 0 Å². The van der Waals surface area contributed by atoms with Crippen molar-refractivity contribution in [2.24, 2.45) is 11.3 Å². The largest absolute Gasteiger partial charge is 0.487 e. The minimum atomic E-state index is -3.56. The summed E-state index contributed by atoms with van der Waals surface area (Å²) in [6, 6.07) is 3.34. The lowest BCUT2D eigenvalue weighted by Gasteiger charge is -2.31. The number of amides is 1. The molecule has 0 spiro atoms. The van der Waals surface area contributed by atoms with Crippen molar-refractivity contribution in [3.8, 4) is 23.3 Å². The third-order valence-corrected chi connectivity index (χ3v) is 8.31. The molecule has 2 aliphatic carbocycles. The van der Waals surface area contributed by atoms with Crippen LogP contribution in [0.4, 0.5) is 9.18 Å². The summed E-state index contributed by atoms with van der Waals surface area (Å²) < 4.78 is 60.3. The van der Waals surface area contributed by atoms with Crippen LogP contribution in [0.1, 0.15) is 32.6 Å². The van der Waals surface area contributed by atoms with E-state index < -0.39 is 15.7 Å². The lowest BCUT2D eigenvalue weighted by atomic mass is 9.96. The normalized spacial score (nSPS) is 23.9. The highest BCUT2D eigenvalue weighted by Gasteiger charge is 2.58. The van der Waals surface area contributed by atoms with E-state index in [2.05, 4.69) is 9.97 Å². The first kappa shape index (κ1) is 24.5. The van der Waals surface area contributed by atoms with Crippen LogP contribution in [-0.2, 0) is 14.6 Å². The number of fused-ring (bicyclic) bond motifs is 1. The molecule has 0 bridgehead atoms. The second-order valence-corrected chi connectivity index (χ2v) is 12.1. The molecule has 2 atom stereocenters. The van der Waals surface area contributed by atoms with Crippen molar-refractivity contribution in [2.75, 3.05) is 33.1 Å². The van der Waals surface area contributed by atoms with Gasteiger partial charge in [-0.2, -0.15) is 9.97 Å². The summed E-state index contributed by atoms with van der Waals surface area (Å²) in [7, 11) is -2.17. The maximum atomic E-state index is 14.5. The van der Waals surface area contributed by atoms with Crippen LogP contribution >= 0.6 is 0 Å². The van der Waals surface area contributed by atoms with Crippen LogP contribution in [0.5, 0.6) is 23.3 Å². The van der Waals surface area contributed by atoms with E-state index in [9.17, 15) is 17.6 Å². The fourth-order valence-electron chi connectivity index (χ4n) is 4.48. The van der Waals surface area contributed by atoms with Crippen molar-refractivity contribution < 1.29 is 36.6 Å².